The minimum Gasteiger partial charge on any atom is -0.317 e. The van der Waals surface area contributed by atoms with Gasteiger partial charge < -0.3 is 10.2 Å². The molecule has 1 aliphatic rings. The molecule has 90 valence electrons. The van der Waals surface area contributed by atoms with Gasteiger partial charge in [0, 0.05) is 24.4 Å². The summed E-state index contributed by atoms with van der Waals surface area (Å²) in [6.45, 7) is 8.16. The van der Waals surface area contributed by atoms with Gasteiger partial charge in [-0.25, -0.2) is 0 Å². The molecule has 1 saturated heterocycles. The van der Waals surface area contributed by atoms with Crippen LogP contribution < -0.4 is 5.32 Å². The van der Waals surface area contributed by atoms with Crippen molar-refractivity contribution in [1.29, 1.82) is 0 Å². The third kappa shape index (κ3) is 3.65. The molecule has 2 atom stereocenters. The Labute approximate surface area is 99.2 Å². The van der Waals surface area contributed by atoms with Crippen LogP contribution in [0, 0.1) is 5.41 Å². The fourth-order valence-electron chi connectivity index (χ4n) is 2.17. The molecule has 1 fully saturated rings. The molecule has 0 aromatic carbocycles. The molecule has 2 nitrogen and oxygen atoms in total. The van der Waals surface area contributed by atoms with Crippen LogP contribution in [-0.4, -0.2) is 49.1 Å². The Morgan fingerprint density at radius 2 is 2.20 bits per heavy atom. The van der Waals surface area contributed by atoms with Gasteiger partial charge in [0.05, 0.1) is 0 Å². The normalized spacial score (nSPS) is 24.8. The summed E-state index contributed by atoms with van der Waals surface area (Å²) < 4.78 is 0. The predicted octanol–water partition coefficient (Wildman–Crippen LogP) is 2.06. The van der Waals surface area contributed by atoms with Gasteiger partial charge in [-0.3, -0.25) is 0 Å². The third-order valence-electron chi connectivity index (χ3n) is 3.79. The van der Waals surface area contributed by atoms with Crippen molar-refractivity contribution in [3.8, 4) is 0 Å². The zero-order chi connectivity index (χ0) is 11.5. The van der Waals surface area contributed by atoms with Crippen LogP contribution in [0.1, 0.15) is 27.2 Å². The van der Waals surface area contributed by atoms with Crippen molar-refractivity contribution in [2.75, 3.05) is 32.1 Å². The molecule has 1 aliphatic heterocycles. The Morgan fingerprint density at radius 1 is 1.53 bits per heavy atom. The summed E-state index contributed by atoms with van der Waals surface area (Å²) in [5.41, 5.74) is 0.344. The van der Waals surface area contributed by atoms with Crippen LogP contribution >= 0.6 is 11.8 Å². The van der Waals surface area contributed by atoms with Crippen molar-refractivity contribution < 1.29 is 0 Å². The first-order chi connectivity index (χ1) is 6.97. The predicted molar refractivity (Wildman–Crippen MR) is 70.7 cm³/mol. The molecule has 0 amide bonds. The maximum atomic E-state index is 3.37. The first kappa shape index (κ1) is 13.3. The average molecular weight is 230 g/mol. The summed E-state index contributed by atoms with van der Waals surface area (Å²) in [7, 11) is 4.33. The van der Waals surface area contributed by atoms with Crippen LogP contribution in [0.5, 0.6) is 0 Å². The van der Waals surface area contributed by atoms with E-state index in [4.69, 9.17) is 0 Å². The highest BCUT2D eigenvalue weighted by Crippen LogP contribution is 2.26. The standard InChI is InChI=1S/C12H26N2S/c1-10(13-4)12(2,3)9-14(5)11-6-7-15-8-11/h10-11,13H,6-9H2,1-5H3. The molecule has 0 saturated carbocycles. The molecule has 15 heavy (non-hydrogen) atoms. The van der Waals surface area contributed by atoms with Crippen LogP contribution in [-0.2, 0) is 0 Å². The summed E-state index contributed by atoms with van der Waals surface area (Å²) in [5, 5.41) is 3.37. The number of nitrogens with one attached hydrogen (secondary N) is 1. The van der Waals surface area contributed by atoms with E-state index in [2.05, 4.69) is 56.8 Å². The number of rotatable bonds is 5. The van der Waals surface area contributed by atoms with E-state index in [1.165, 1.54) is 24.5 Å². The Hall–Kier alpha value is 0.270. The minimum atomic E-state index is 0.344. The molecule has 1 heterocycles. The van der Waals surface area contributed by atoms with Crippen LogP contribution in [0.2, 0.25) is 0 Å². The van der Waals surface area contributed by atoms with Gasteiger partial charge in [0.15, 0.2) is 0 Å². The largest absolute Gasteiger partial charge is 0.317 e. The summed E-state index contributed by atoms with van der Waals surface area (Å²) in [6.07, 6.45) is 1.37. The van der Waals surface area contributed by atoms with Crippen molar-refractivity contribution in [3.05, 3.63) is 0 Å². The van der Waals surface area contributed by atoms with Gasteiger partial charge in [0.2, 0.25) is 0 Å². The molecule has 0 spiro atoms. The van der Waals surface area contributed by atoms with Gasteiger partial charge in [0.25, 0.3) is 0 Å². The maximum absolute atomic E-state index is 3.37. The highest BCUT2D eigenvalue weighted by Gasteiger charge is 2.29. The fourth-order valence-corrected chi connectivity index (χ4v) is 3.47. The maximum Gasteiger partial charge on any atom is 0.0191 e. The van der Waals surface area contributed by atoms with Crippen molar-refractivity contribution in [2.24, 2.45) is 5.41 Å². The highest BCUT2D eigenvalue weighted by atomic mass is 32.2. The van der Waals surface area contributed by atoms with Gasteiger partial charge in [-0.1, -0.05) is 13.8 Å². The number of nitrogens with zero attached hydrogens (tertiary/aromatic N) is 1. The van der Waals surface area contributed by atoms with E-state index >= 15 is 0 Å². The van der Waals surface area contributed by atoms with Crippen LogP contribution in [0.15, 0.2) is 0 Å². The Morgan fingerprint density at radius 3 is 2.67 bits per heavy atom. The summed E-state index contributed by atoms with van der Waals surface area (Å²) in [4.78, 5) is 2.55. The lowest BCUT2D eigenvalue weighted by atomic mass is 9.84. The lowest BCUT2D eigenvalue weighted by Gasteiger charge is -2.37. The van der Waals surface area contributed by atoms with E-state index in [9.17, 15) is 0 Å². The third-order valence-corrected chi connectivity index (χ3v) is 4.94. The second-order valence-corrected chi connectivity index (χ2v) is 6.58. The number of hydrogen-bond acceptors (Lipinski definition) is 3. The van der Waals surface area contributed by atoms with E-state index in [-0.39, 0.29) is 0 Å². The molecule has 0 radical (unpaired) electrons. The van der Waals surface area contributed by atoms with Gasteiger partial charge in [-0.05, 0) is 38.6 Å². The zero-order valence-electron chi connectivity index (χ0n) is 10.8. The van der Waals surface area contributed by atoms with E-state index in [1.54, 1.807) is 0 Å². The van der Waals surface area contributed by atoms with Gasteiger partial charge >= 0.3 is 0 Å². The Bertz CT molecular complexity index is 188. The van der Waals surface area contributed by atoms with Gasteiger partial charge in [-0.2, -0.15) is 11.8 Å². The zero-order valence-corrected chi connectivity index (χ0v) is 11.7. The van der Waals surface area contributed by atoms with E-state index in [0.29, 0.717) is 11.5 Å². The van der Waals surface area contributed by atoms with Gasteiger partial charge in [-0.15, -0.1) is 0 Å². The molecule has 2 unspecified atom stereocenters. The monoisotopic (exact) mass is 230 g/mol. The van der Waals surface area contributed by atoms with E-state index in [0.717, 1.165) is 6.04 Å². The summed E-state index contributed by atoms with van der Waals surface area (Å²) in [6, 6.07) is 1.37. The number of thioether (sulfide) groups is 1. The molecule has 0 aromatic rings. The first-order valence-electron chi connectivity index (χ1n) is 5.92. The van der Waals surface area contributed by atoms with E-state index < -0.39 is 0 Å². The number of hydrogen-bond donors (Lipinski definition) is 1. The lowest BCUT2D eigenvalue weighted by molar-refractivity contribution is 0.141. The molecule has 0 aromatic heterocycles. The van der Waals surface area contributed by atoms with Crippen LogP contribution in [0.3, 0.4) is 0 Å². The molecule has 1 rings (SSSR count). The molecular formula is C12H26N2S. The molecule has 0 aliphatic carbocycles. The molecule has 0 bridgehead atoms. The molecule has 3 heteroatoms. The minimum absolute atomic E-state index is 0.344. The Balaban J connectivity index is 2.44. The molecular weight excluding hydrogens is 204 g/mol. The SMILES string of the molecule is CNC(C)C(C)(C)CN(C)C1CCSC1. The van der Waals surface area contributed by atoms with E-state index in [1.807, 2.05) is 0 Å². The van der Waals surface area contributed by atoms with Crippen molar-refractivity contribution in [1.82, 2.24) is 10.2 Å². The molecule has 1 N–H and O–H groups in total. The summed E-state index contributed by atoms with van der Waals surface area (Å²) in [5.74, 6) is 2.66. The van der Waals surface area contributed by atoms with Crippen molar-refractivity contribution in [2.45, 2.75) is 39.3 Å². The first-order valence-corrected chi connectivity index (χ1v) is 7.08. The fraction of sp³-hybridized carbons (Fsp3) is 1.00. The highest BCUT2D eigenvalue weighted by molar-refractivity contribution is 7.99. The van der Waals surface area contributed by atoms with Crippen molar-refractivity contribution >= 4 is 11.8 Å². The van der Waals surface area contributed by atoms with Gasteiger partial charge in [0.1, 0.15) is 0 Å². The smallest absolute Gasteiger partial charge is 0.0191 e. The Kier molecular flexibility index (Phi) is 4.94. The second-order valence-electron chi connectivity index (χ2n) is 5.43. The van der Waals surface area contributed by atoms with Crippen LogP contribution in [0.25, 0.3) is 0 Å². The topological polar surface area (TPSA) is 15.3 Å². The second kappa shape index (κ2) is 5.55. The van der Waals surface area contributed by atoms with Crippen molar-refractivity contribution in [3.63, 3.8) is 0 Å². The quantitative estimate of drug-likeness (QED) is 0.778. The lowest BCUT2D eigenvalue weighted by Crippen LogP contribution is -2.47. The van der Waals surface area contributed by atoms with Crippen LogP contribution in [0.4, 0.5) is 0 Å². The average Bonchev–Trinajstić information content (AvgIpc) is 2.68. The summed E-state index contributed by atoms with van der Waals surface area (Å²) >= 11 is 2.09.